The zero-order valence-electron chi connectivity index (χ0n) is 7.74. The molecule has 0 amide bonds. The van der Waals surface area contributed by atoms with Crippen molar-refractivity contribution in [3.63, 3.8) is 0 Å². The van der Waals surface area contributed by atoms with Crippen LogP contribution in [-0.4, -0.2) is 22.7 Å². The lowest BCUT2D eigenvalue weighted by Crippen LogP contribution is -2.33. The Kier molecular flexibility index (Phi) is 2.37. The third-order valence-corrected chi connectivity index (χ3v) is 2.44. The van der Waals surface area contributed by atoms with Crippen LogP contribution in [-0.2, 0) is 4.74 Å². The molecule has 1 fully saturated rings. The molecule has 0 saturated heterocycles. The summed E-state index contributed by atoms with van der Waals surface area (Å²) in [6.07, 6.45) is 1.77. The Morgan fingerprint density at radius 3 is 2.33 bits per heavy atom. The minimum atomic E-state index is -0.609. The normalized spacial score (nSPS) is 24.6. The van der Waals surface area contributed by atoms with Gasteiger partial charge in [-0.05, 0) is 26.7 Å². The van der Waals surface area contributed by atoms with E-state index in [1.165, 1.54) is 0 Å². The smallest absolute Gasteiger partial charge is 0.235 e. The summed E-state index contributed by atoms with van der Waals surface area (Å²) >= 11 is 0. The van der Waals surface area contributed by atoms with Crippen LogP contribution in [0.25, 0.3) is 0 Å². The predicted octanol–water partition coefficient (Wildman–Crippen LogP) is 1.61. The number of rotatable bonds is 4. The molecule has 0 radical (unpaired) electrons. The molecule has 1 aliphatic rings. The Morgan fingerprint density at radius 2 is 2.00 bits per heavy atom. The van der Waals surface area contributed by atoms with Crippen molar-refractivity contribution < 1.29 is 9.66 Å². The van der Waals surface area contributed by atoms with Gasteiger partial charge in [0.25, 0.3) is 0 Å². The first kappa shape index (κ1) is 9.45. The molecule has 0 aliphatic heterocycles. The maximum Gasteiger partial charge on any atom is 0.235 e. The molecule has 2 atom stereocenters. The van der Waals surface area contributed by atoms with Gasteiger partial charge >= 0.3 is 0 Å². The molecular weight excluding hydrogens is 158 g/mol. The Morgan fingerprint density at radius 1 is 1.50 bits per heavy atom. The summed E-state index contributed by atoms with van der Waals surface area (Å²) in [5.41, 5.74) is -0.0658. The van der Waals surface area contributed by atoms with Crippen LogP contribution in [0.3, 0.4) is 0 Å². The molecule has 0 bridgehead atoms. The van der Waals surface area contributed by atoms with Gasteiger partial charge in [0.1, 0.15) is 6.10 Å². The van der Waals surface area contributed by atoms with Crippen LogP contribution in [0.4, 0.5) is 0 Å². The quantitative estimate of drug-likeness (QED) is 0.479. The van der Waals surface area contributed by atoms with E-state index in [1.807, 2.05) is 6.92 Å². The number of nitro groups is 1. The van der Waals surface area contributed by atoms with Crippen molar-refractivity contribution in [3.8, 4) is 0 Å². The molecule has 4 heteroatoms. The molecule has 0 heterocycles. The SMILES string of the molecule is CC(OC1(C)CC1)[C@@H](C)[N+](=O)[O-]. The van der Waals surface area contributed by atoms with E-state index in [-0.39, 0.29) is 16.6 Å². The van der Waals surface area contributed by atoms with E-state index in [1.54, 1.807) is 13.8 Å². The second-order valence-electron chi connectivity index (χ2n) is 3.80. The van der Waals surface area contributed by atoms with Gasteiger partial charge in [0.2, 0.25) is 6.04 Å². The summed E-state index contributed by atoms with van der Waals surface area (Å²) in [4.78, 5) is 10.1. The molecule has 4 nitrogen and oxygen atoms in total. The van der Waals surface area contributed by atoms with Gasteiger partial charge in [0, 0.05) is 11.8 Å². The van der Waals surface area contributed by atoms with E-state index < -0.39 is 6.04 Å². The van der Waals surface area contributed by atoms with Crippen molar-refractivity contribution in [1.29, 1.82) is 0 Å². The summed E-state index contributed by atoms with van der Waals surface area (Å²) in [5.74, 6) is 0. The molecule has 0 aromatic heterocycles. The molecule has 1 unspecified atom stereocenters. The minimum absolute atomic E-state index is 0.0658. The average Bonchev–Trinajstić information content (AvgIpc) is 2.66. The van der Waals surface area contributed by atoms with E-state index in [2.05, 4.69) is 0 Å². The molecule has 0 spiro atoms. The van der Waals surface area contributed by atoms with Crippen molar-refractivity contribution >= 4 is 0 Å². The van der Waals surface area contributed by atoms with Gasteiger partial charge in [-0.25, -0.2) is 0 Å². The maximum absolute atomic E-state index is 10.4. The van der Waals surface area contributed by atoms with E-state index in [9.17, 15) is 10.1 Å². The van der Waals surface area contributed by atoms with Crippen LogP contribution in [0.5, 0.6) is 0 Å². The average molecular weight is 173 g/mol. The van der Waals surface area contributed by atoms with E-state index in [4.69, 9.17) is 4.74 Å². The fourth-order valence-electron chi connectivity index (χ4n) is 1.01. The third kappa shape index (κ3) is 2.17. The standard InChI is InChI=1S/C8H15NO3/c1-6(9(10)11)7(2)12-8(3)4-5-8/h6-7H,4-5H2,1-3H3/t6-,7?/m1/s1. The van der Waals surface area contributed by atoms with Crippen LogP contribution >= 0.6 is 0 Å². The first-order valence-electron chi connectivity index (χ1n) is 4.26. The second kappa shape index (κ2) is 3.01. The zero-order valence-corrected chi connectivity index (χ0v) is 7.74. The van der Waals surface area contributed by atoms with Gasteiger partial charge < -0.3 is 4.74 Å². The Hall–Kier alpha value is -0.640. The number of ether oxygens (including phenoxy) is 1. The fourth-order valence-corrected chi connectivity index (χ4v) is 1.01. The zero-order chi connectivity index (χ0) is 9.35. The van der Waals surface area contributed by atoms with E-state index >= 15 is 0 Å². The van der Waals surface area contributed by atoms with Crippen LogP contribution < -0.4 is 0 Å². The summed E-state index contributed by atoms with van der Waals surface area (Å²) in [6.45, 7) is 5.34. The van der Waals surface area contributed by atoms with Gasteiger partial charge in [-0.2, -0.15) is 0 Å². The van der Waals surface area contributed by atoms with E-state index in [0.29, 0.717) is 0 Å². The van der Waals surface area contributed by atoms with Crippen LogP contribution in [0, 0.1) is 10.1 Å². The van der Waals surface area contributed by atoms with Gasteiger partial charge in [-0.15, -0.1) is 0 Å². The maximum atomic E-state index is 10.4. The molecule has 1 aliphatic carbocycles. The minimum Gasteiger partial charge on any atom is -0.365 e. The lowest BCUT2D eigenvalue weighted by atomic mass is 10.2. The molecule has 70 valence electrons. The third-order valence-electron chi connectivity index (χ3n) is 2.44. The van der Waals surface area contributed by atoms with Crippen molar-refractivity contribution in [2.45, 2.75) is 51.4 Å². The van der Waals surface area contributed by atoms with Gasteiger partial charge in [0.15, 0.2) is 0 Å². The predicted molar refractivity (Wildman–Crippen MR) is 44.6 cm³/mol. The fraction of sp³-hybridized carbons (Fsp3) is 1.00. The monoisotopic (exact) mass is 173 g/mol. The molecule has 1 saturated carbocycles. The van der Waals surface area contributed by atoms with Crippen LogP contribution in [0.1, 0.15) is 33.6 Å². The topological polar surface area (TPSA) is 52.4 Å². The lowest BCUT2D eigenvalue weighted by Gasteiger charge is -2.18. The highest BCUT2D eigenvalue weighted by atomic mass is 16.6. The largest absolute Gasteiger partial charge is 0.365 e. The van der Waals surface area contributed by atoms with Gasteiger partial charge in [-0.1, -0.05) is 0 Å². The highest BCUT2D eigenvalue weighted by molar-refractivity contribution is 4.91. The van der Waals surface area contributed by atoms with Crippen molar-refractivity contribution in [3.05, 3.63) is 10.1 Å². The molecule has 0 aromatic rings. The molecule has 0 aromatic carbocycles. The molecule has 1 rings (SSSR count). The number of hydrogen-bond acceptors (Lipinski definition) is 3. The van der Waals surface area contributed by atoms with Crippen molar-refractivity contribution in [1.82, 2.24) is 0 Å². The van der Waals surface area contributed by atoms with Gasteiger partial charge in [-0.3, -0.25) is 10.1 Å². The Balaban J connectivity index is 2.36. The van der Waals surface area contributed by atoms with Crippen molar-refractivity contribution in [2.75, 3.05) is 0 Å². The summed E-state index contributed by atoms with van der Waals surface area (Å²) in [7, 11) is 0. The molecule has 0 N–H and O–H groups in total. The summed E-state index contributed by atoms with van der Waals surface area (Å²) in [5, 5.41) is 10.4. The lowest BCUT2D eigenvalue weighted by molar-refractivity contribution is -0.531. The Labute approximate surface area is 72.1 Å². The molecular formula is C8H15NO3. The second-order valence-corrected chi connectivity index (χ2v) is 3.80. The number of nitrogens with zero attached hydrogens (tertiary/aromatic N) is 1. The van der Waals surface area contributed by atoms with Crippen LogP contribution in [0.2, 0.25) is 0 Å². The highest BCUT2D eigenvalue weighted by Gasteiger charge is 2.42. The Bertz CT molecular complexity index is 189. The summed E-state index contributed by atoms with van der Waals surface area (Å²) < 4.78 is 5.53. The molecule has 12 heavy (non-hydrogen) atoms. The van der Waals surface area contributed by atoms with E-state index in [0.717, 1.165) is 12.8 Å². The number of hydrogen-bond donors (Lipinski definition) is 0. The van der Waals surface area contributed by atoms with Crippen molar-refractivity contribution in [2.24, 2.45) is 0 Å². The van der Waals surface area contributed by atoms with Crippen LogP contribution in [0.15, 0.2) is 0 Å². The first-order valence-corrected chi connectivity index (χ1v) is 4.26. The summed E-state index contributed by atoms with van der Waals surface area (Å²) in [6, 6.07) is -0.609. The van der Waals surface area contributed by atoms with Gasteiger partial charge in [0.05, 0.1) is 5.60 Å². The highest BCUT2D eigenvalue weighted by Crippen LogP contribution is 2.40. The first-order chi connectivity index (χ1) is 5.44.